The summed E-state index contributed by atoms with van der Waals surface area (Å²) in [6.07, 6.45) is 5.18. The zero-order valence-corrected chi connectivity index (χ0v) is 9.73. The van der Waals surface area contributed by atoms with Gasteiger partial charge in [-0.25, -0.2) is 0 Å². The minimum atomic E-state index is -1.21. The summed E-state index contributed by atoms with van der Waals surface area (Å²) in [6.45, 7) is 3.27. The Morgan fingerprint density at radius 1 is 1.25 bits per heavy atom. The molecule has 0 heterocycles. The number of carboxylic acids is 1. The molecule has 0 aliphatic heterocycles. The van der Waals surface area contributed by atoms with Gasteiger partial charge >= 0.3 is 5.97 Å². The van der Waals surface area contributed by atoms with Crippen LogP contribution < -0.4 is 0 Å². The van der Waals surface area contributed by atoms with Gasteiger partial charge in [-0.1, -0.05) is 19.1 Å². The van der Waals surface area contributed by atoms with E-state index in [4.69, 9.17) is 5.11 Å². The van der Waals surface area contributed by atoms with Crippen LogP contribution in [0.5, 0.6) is 0 Å². The van der Waals surface area contributed by atoms with Crippen LogP contribution in [0.3, 0.4) is 0 Å². The van der Waals surface area contributed by atoms with E-state index in [-0.39, 0.29) is 24.4 Å². The largest absolute Gasteiger partial charge is 0.481 e. The van der Waals surface area contributed by atoms with Crippen LogP contribution in [0.25, 0.3) is 0 Å². The van der Waals surface area contributed by atoms with Gasteiger partial charge < -0.3 is 5.11 Å². The lowest BCUT2D eigenvalue weighted by molar-refractivity contribution is -0.148. The fourth-order valence-electron chi connectivity index (χ4n) is 1.31. The second kappa shape index (κ2) is 7.79. The smallest absolute Gasteiger partial charge is 0.314 e. The molecule has 90 valence electrons. The van der Waals surface area contributed by atoms with Crippen LogP contribution in [0.1, 0.15) is 39.5 Å². The van der Waals surface area contributed by atoms with E-state index in [0.29, 0.717) is 6.42 Å². The Kier molecular flexibility index (Phi) is 7.09. The summed E-state index contributed by atoms with van der Waals surface area (Å²) < 4.78 is 0. The minimum Gasteiger partial charge on any atom is -0.481 e. The molecule has 0 spiro atoms. The van der Waals surface area contributed by atoms with Crippen LogP contribution in [-0.4, -0.2) is 22.6 Å². The number of carbonyl (C=O) groups is 3. The molecule has 1 unspecified atom stereocenters. The van der Waals surface area contributed by atoms with Crippen LogP contribution in [-0.2, 0) is 14.4 Å². The molecule has 0 aromatic heterocycles. The molecule has 0 rings (SSSR count). The Morgan fingerprint density at radius 2 is 1.88 bits per heavy atom. The molecule has 0 saturated heterocycles. The lowest BCUT2D eigenvalue weighted by Gasteiger charge is -2.08. The van der Waals surface area contributed by atoms with Crippen molar-refractivity contribution in [2.45, 2.75) is 39.5 Å². The van der Waals surface area contributed by atoms with Gasteiger partial charge in [0.25, 0.3) is 0 Å². The third-order valence-corrected chi connectivity index (χ3v) is 2.14. The van der Waals surface area contributed by atoms with E-state index in [0.717, 1.165) is 6.42 Å². The fraction of sp³-hybridized carbons (Fsp3) is 0.583. The van der Waals surface area contributed by atoms with Gasteiger partial charge in [0.2, 0.25) is 0 Å². The Bertz CT molecular complexity index is 291. The molecule has 0 fully saturated rings. The third-order valence-electron chi connectivity index (χ3n) is 2.14. The summed E-state index contributed by atoms with van der Waals surface area (Å²) in [6, 6.07) is 0. The van der Waals surface area contributed by atoms with Gasteiger partial charge in [-0.3, -0.25) is 14.4 Å². The molecule has 0 bridgehead atoms. The van der Waals surface area contributed by atoms with Gasteiger partial charge in [0.1, 0.15) is 17.5 Å². The lowest BCUT2D eigenvalue weighted by atomic mass is 9.95. The average Bonchev–Trinajstić information content (AvgIpc) is 2.20. The van der Waals surface area contributed by atoms with Gasteiger partial charge in [-0.05, 0) is 19.8 Å². The molecule has 1 N–H and O–H groups in total. The molecule has 4 nitrogen and oxygen atoms in total. The van der Waals surface area contributed by atoms with E-state index >= 15 is 0 Å². The van der Waals surface area contributed by atoms with Gasteiger partial charge in [-0.2, -0.15) is 0 Å². The highest BCUT2D eigenvalue weighted by Gasteiger charge is 2.26. The standard InChI is InChI=1S/C12H18O4/c1-3-4-5-6-7-11(14)10(12(15)16)8-9(2)13/h4-5,10H,3,6-8H2,1-2H3,(H,15,16)/b5-4-. The highest BCUT2D eigenvalue weighted by Crippen LogP contribution is 2.10. The van der Waals surface area contributed by atoms with Gasteiger partial charge in [0, 0.05) is 12.8 Å². The number of rotatable bonds is 8. The molecule has 0 aliphatic carbocycles. The first-order valence-electron chi connectivity index (χ1n) is 5.39. The van der Waals surface area contributed by atoms with Gasteiger partial charge in [-0.15, -0.1) is 0 Å². The molecule has 0 radical (unpaired) electrons. The molecule has 4 heteroatoms. The number of aliphatic carboxylic acids is 1. The normalized spacial score (nSPS) is 12.6. The number of carboxylic acid groups (broad SMARTS) is 1. The van der Waals surface area contributed by atoms with Gasteiger partial charge in [0.05, 0.1) is 0 Å². The Morgan fingerprint density at radius 3 is 2.31 bits per heavy atom. The maximum Gasteiger partial charge on any atom is 0.314 e. The molecule has 0 aliphatic rings. The van der Waals surface area contributed by atoms with Crippen LogP contribution in [0.2, 0.25) is 0 Å². The van der Waals surface area contributed by atoms with E-state index in [1.165, 1.54) is 6.92 Å². The van der Waals surface area contributed by atoms with E-state index in [1.807, 2.05) is 19.1 Å². The lowest BCUT2D eigenvalue weighted by Crippen LogP contribution is -2.25. The first-order chi connectivity index (χ1) is 7.49. The Hall–Kier alpha value is -1.45. The van der Waals surface area contributed by atoms with E-state index in [9.17, 15) is 14.4 Å². The molecule has 0 saturated carbocycles. The number of Topliss-reactive ketones (excluding diaryl/α,β-unsaturated/α-hetero) is 2. The maximum absolute atomic E-state index is 11.5. The van der Waals surface area contributed by atoms with E-state index in [1.54, 1.807) is 0 Å². The van der Waals surface area contributed by atoms with Crippen molar-refractivity contribution in [1.82, 2.24) is 0 Å². The predicted octanol–water partition coefficient (Wildman–Crippen LogP) is 1.98. The number of hydrogen-bond donors (Lipinski definition) is 1. The van der Waals surface area contributed by atoms with Crippen LogP contribution in [0.4, 0.5) is 0 Å². The van der Waals surface area contributed by atoms with Crippen molar-refractivity contribution in [3.05, 3.63) is 12.2 Å². The van der Waals surface area contributed by atoms with E-state index in [2.05, 4.69) is 0 Å². The Labute approximate surface area is 95.3 Å². The minimum absolute atomic E-state index is 0.181. The molecular weight excluding hydrogens is 208 g/mol. The average molecular weight is 226 g/mol. The molecular formula is C12H18O4. The Balaban J connectivity index is 4.23. The quantitative estimate of drug-likeness (QED) is 0.507. The summed E-state index contributed by atoms with van der Waals surface area (Å²) >= 11 is 0. The topological polar surface area (TPSA) is 71.4 Å². The highest BCUT2D eigenvalue weighted by atomic mass is 16.4. The van der Waals surface area contributed by atoms with Crippen molar-refractivity contribution in [2.24, 2.45) is 5.92 Å². The zero-order chi connectivity index (χ0) is 12.6. The van der Waals surface area contributed by atoms with Crippen molar-refractivity contribution in [1.29, 1.82) is 0 Å². The van der Waals surface area contributed by atoms with Crippen molar-refractivity contribution < 1.29 is 19.5 Å². The third kappa shape index (κ3) is 6.11. The molecule has 0 amide bonds. The summed E-state index contributed by atoms with van der Waals surface area (Å²) in [5.41, 5.74) is 0. The maximum atomic E-state index is 11.5. The fourth-order valence-corrected chi connectivity index (χ4v) is 1.31. The van der Waals surface area contributed by atoms with Crippen molar-refractivity contribution >= 4 is 17.5 Å². The first kappa shape index (κ1) is 14.6. The molecule has 1 atom stereocenters. The second-order valence-electron chi connectivity index (χ2n) is 3.68. The molecule has 0 aromatic carbocycles. The SMILES string of the molecule is CC/C=C\CCC(=O)C(CC(C)=O)C(=O)O. The molecule has 16 heavy (non-hydrogen) atoms. The second-order valence-corrected chi connectivity index (χ2v) is 3.68. The zero-order valence-electron chi connectivity index (χ0n) is 9.73. The summed E-state index contributed by atoms with van der Waals surface area (Å²) in [4.78, 5) is 33.1. The van der Waals surface area contributed by atoms with Crippen LogP contribution in [0.15, 0.2) is 12.2 Å². The molecule has 0 aromatic rings. The van der Waals surface area contributed by atoms with Crippen molar-refractivity contribution in [3.63, 3.8) is 0 Å². The highest BCUT2D eigenvalue weighted by molar-refractivity contribution is 6.01. The monoisotopic (exact) mass is 226 g/mol. The first-order valence-corrected chi connectivity index (χ1v) is 5.39. The summed E-state index contributed by atoms with van der Waals surface area (Å²) in [7, 11) is 0. The summed E-state index contributed by atoms with van der Waals surface area (Å²) in [5.74, 6) is -3.03. The summed E-state index contributed by atoms with van der Waals surface area (Å²) in [5, 5.41) is 8.80. The number of allylic oxidation sites excluding steroid dienone is 2. The van der Waals surface area contributed by atoms with Gasteiger partial charge in [0.15, 0.2) is 0 Å². The van der Waals surface area contributed by atoms with E-state index < -0.39 is 11.9 Å². The van der Waals surface area contributed by atoms with Crippen LogP contribution >= 0.6 is 0 Å². The number of ketones is 2. The predicted molar refractivity (Wildman–Crippen MR) is 60.1 cm³/mol. The number of hydrogen-bond acceptors (Lipinski definition) is 3. The van der Waals surface area contributed by atoms with Crippen LogP contribution in [0, 0.1) is 5.92 Å². The number of carbonyl (C=O) groups excluding carboxylic acids is 2. The van der Waals surface area contributed by atoms with Crippen molar-refractivity contribution in [2.75, 3.05) is 0 Å². The van der Waals surface area contributed by atoms with Crippen molar-refractivity contribution in [3.8, 4) is 0 Å².